The van der Waals surface area contributed by atoms with E-state index in [1.54, 1.807) is 0 Å². The highest BCUT2D eigenvalue weighted by Crippen LogP contribution is 2.18. The Morgan fingerprint density at radius 2 is 1.75 bits per heavy atom. The van der Waals surface area contributed by atoms with Crippen LogP contribution >= 0.6 is 11.3 Å². The Bertz CT molecular complexity index is 216. The minimum atomic E-state index is 1.07. The van der Waals surface area contributed by atoms with Crippen LogP contribution in [-0.4, -0.2) is 4.98 Å². The molecule has 0 N–H and O–H groups in total. The molecule has 0 aromatic carbocycles. The number of aromatic nitrogens is 1. The largest absolute Gasteiger partial charge is 0.246 e. The maximum Gasteiger partial charge on any atom is 0.0928 e. The maximum absolute atomic E-state index is 4.42. The maximum atomic E-state index is 4.42. The molecule has 0 fully saturated rings. The van der Waals surface area contributed by atoms with Crippen molar-refractivity contribution in [1.82, 2.24) is 4.98 Å². The molecule has 0 unspecified atom stereocenters. The SMILES string of the molecule is CC.CCc1nc(C)c(CC)s1. The minimum Gasteiger partial charge on any atom is -0.246 e. The molecule has 2 heteroatoms. The first-order chi connectivity index (χ1) is 5.77. The molecular weight excluding hydrogens is 166 g/mol. The lowest BCUT2D eigenvalue weighted by atomic mass is 10.3. The van der Waals surface area contributed by atoms with Gasteiger partial charge in [-0.2, -0.15) is 0 Å². The van der Waals surface area contributed by atoms with Crippen LogP contribution in [0, 0.1) is 6.92 Å². The van der Waals surface area contributed by atoms with Gasteiger partial charge in [-0.3, -0.25) is 0 Å². The topological polar surface area (TPSA) is 12.9 Å². The molecule has 0 aliphatic heterocycles. The van der Waals surface area contributed by atoms with Gasteiger partial charge in [-0.1, -0.05) is 27.7 Å². The van der Waals surface area contributed by atoms with Gasteiger partial charge in [0.15, 0.2) is 0 Å². The number of aryl methyl sites for hydroxylation is 3. The van der Waals surface area contributed by atoms with Crippen LogP contribution in [0.4, 0.5) is 0 Å². The average Bonchev–Trinajstić information content (AvgIpc) is 2.49. The van der Waals surface area contributed by atoms with Gasteiger partial charge in [0.05, 0.1) is 10.7 Å². The van der Waals surface area contributed by atoms with Crippen molar-refractivity contribution in [3.8, 4) is 0 Å². The van der Waals surface area contributed by atoms with Gasteiger partial charge < -0.3 is 0 Å². The molecule has 0 spiro atoms. The van der Waals surface area contributed by atoms with E-state index in [4.69, 9.17) is 0 Å². The molecular formula is C10H19NS. The number of hydrogen-bond acceptors (Lipinski definition) is 2. The molecule has 1 aromatic heterocycles. The first-order valence-corrected chi connectivity index (χ1v) is 5.54. The predicted molar refractivity (Wildman–Crippen MR) is 57.0 cm³/mol. The van der Waals surface area contributed by atoms with E-state index in [-0.39, 0.29) is 0 Å². The molecule has 1 aromatic rings. The zero-order valence-electron chi connectivity index (χ0n) is 8.77. The Kier molecular flexibility index (Phi) is 5.99. The number of hydrogen-bond donors (Lipinski definition) is 0. The zero-order valence-corrected chi connectivity index (χ0v) is 9.59. The molecule has 0 bridgehead atoms. The van der Waals surface area contributed by atoms with Gasteiger partial charge >= 0.3 is 0 Å². The first-order valence-electron chi connectivity index (χ1n) is 4.73. The number of thiazole rings is 1. The smallest absolute Gasteiger partial charge is 0.0928 e. The molecule has 0 amide bonds. The third-order valence-electron chi connectivity index (χ3n) is 1.56. The molecule has 0 aliphatic carbocycles. The lowest BCUT2D eigenvalue weighted by Gasteiger charge is -1.85. The summed E-state index contributed by atoms with van der Waals surface area (Å²) in [5, 5.41) is 1.27. The normalized spacial score (nSPS) is 9.08. The summed E-state index contributed by atoms with van der Waals surface area (Å²) in [7, 11) is 0. The highest BCUT2D eigenvalue weighted by Gasteiger charge is 2.02. The highest BCUT2D eigenvalue weighted by molar-refractivity contribution is 7.11. The van der Waals surface area contributed by atoms with Crippen LogP contribution in [0.3, 0.4) is 0 Å². The highest BCUT2D eigenvalue weighted by atomic mass is 32.1. The number of nitrogens with zero attached hydrogens (tertiary/aromatic N) is 1. The third kappa shape index (κ3) is 2.94. The van der Waals surface area contributed by atoms with Crippen molar-refractivity contribution in [2.75, 3.05) is 0 Å². The van der Waals surface area contributed by atoms with Gasteiger partial charge in [0, 0.05) is 4.88 Å². The van der Waals surface area contributed by atoms with Crippen LogP contribution in [0.5, 0.6) is 0 Å². The molecule has 12 heavy (non-hydrogen) atoms. The molecule has 1 rings (SSSR count). The monoisotopic (exact) mass is 185 g/mol. The summed E-state index contributed by atoms with van der Waals surface area (Å²) in [4.78, 5) is 5.86. The van der Waals surface area contributed by atoms with E-state index in [1.165, 1.54) is 15.6 Å². The van der Waals surface area contributed by atoms with E-state index >= 15 is 0 Å². The van der Waals surface area contributed by atoms with Crippen LogP contribution in [0.15, 0.2) is 0 Å². The van der Waals surface area contributed by atoms with E-state index in [1.807, 2.05) is 25.2 Å². The van der Waals surface area contributed by atoms with Crippen molar-refractivity contribution in [3.63, 3.8) is 0 Å². The van der Waals surface area contributed by atoms with Crippen molar-refractivity contribution >= 4 is 11.3 Å². The van der Waals surface area contributed by atoms with E-state index < -0.39 is 0 Å². The Hall–Kier alpha value is -0.370. The van der Waals surface area contributed by atoms with E-state index in [0.717, 1.165) is 12.8 Å². The fourth-order valence-corrected chi connectivity index (χ4v) is 1.92. The second kappa shape index (κ2) is 6.18. The molecule has 0 saturated carbocycles. The lowest BCUT2D eigenvalue weighted by Crippen LogP contribution is -1.78. The van der Waals surface area contributed by atoms with Crippen LogP contribution in [0.25, 0.3) is 0 Å². The van der Waals surface area contributed by atoms with Crippen molar-refractivity contribution in [1.29, 1.82) is 0 Å². The molecule has 0 aliphatic rings. The summed E-state index contributed by atoms with van der Waals surface area (Å²) in [6, 6.07) is 0. The minimum absolute atomic E-state index is 1.07. The summed E-state index contributed by atoms with van der Waals surface area (Å²) in [5.74, 6) is 0. The molecule has 0 atom stereocenters. The van der Waals surface area contributed by atoms with Crippen LogP contribution in [0.2, 0.25) is 0 Å². The van der Waals surface area contributed by atoms with Crippen molar-refractivity contribution in [2.45, 2.75) is 47.5 Å². The molecule has 70 valence electrons. The van der Waals surface area contributed by atoms with Gasteiger partial charge in [0.1, 0.15) is 0 Å². The Labute approximate surface area is 79.9 Å². The van der Waals surface area contributed by atoms with E-state index in [0.29, 0.717) is 0 Å². The Morgan fingerprint density at radius 1 is 1.17 bits per heavy atom. The number of rotatable bonds is 2. The second-order valence-electron chi connectivity index (χ2n) is 2.32. The molecule has 0 radical (unpaired) electrons. The summed E-state index contributed by atoms with van der Waals surface area (Å²) in [6.45, 7) is 10.4. The molecule has 1 nitrogen and oxygen atoms in total. The summed E-state index contributed by atoms with van der Waals surface area (Å²) in [5.41, 5.74) is 1.23. The summed E-state index contributed by atoms with van der Waals surface area (Å²) in [6.07, 6.45) is 2.20. The van der Waals surface area contributed by atoms with Crippen molar-refractivity contribution in [3.05, 3.63) is 15.6 Å². The predicted octanol–water partition coefficient (Wildman–Crippen LogP) is 3.60. The molecule has 1 heterocycles. The zero-order chi connectivity index (χ0) is 9.56. The van der Waals surface area contributed by atoms with Crippen molar-refractivity contribution < 1.29 is 0 Å². The fraction of sp³-hybridized carbons (Fsp3) is 0.700. The first kappa shape index (κ1) is 11.6. The van der Waals surface area contributed by atoms with E-state index in [2.05, 4.69) is 25.8 Å². The average molecular weight is 185 g/mol. The van der Waals surface area contributed by atoms with Crippen LogP contribution in [-0.2, 0) is 12.8 Å². The standard InChI is InChI=1S/C8H13NS.C2H6/c1-4-7-6(3)9-8(5-2)10-7;1-2/h4-5H2,1-3H3;1-2H3. The van der Waals surface area contributed by atoms with Crippen molar-refractivity contribution in [2.24, 2.45) is 0 Å². The van der Waals surface area contributed by atoms with Crippen LogP contribution in [0.1, 0.15) is 43.3 Å². The fourth-order valence-electron chi connectivity index (χ4n) is 0.968. The van der Waals surface area contributed by atoms with Gasteiger partial charge in [-0.15, -0.1) is 11.3 Å². The summed E-state index contributed by atoms with van der Waals surface area (Å²) < 4.78 is 0. The quantitative estimate of drug-likeness (QED) is 0.686. The van der Waals surface area contributed by atoms with Gasteiger partial charge in [0.2, 0.25) is 0 Å². The summed E-state index contributed by atoms with van der Waals surface area (Å²) >= 11 is 1.85. The van der Waals surface area contributed by atoms with Gasteiger partial charge in [-0.25, -0.2) is 4.98 Å². The Morgan fingerprint density at radius 3 is 2.00 bits per heavy atom. The van der Waals surface area contributed by atoms with Gasteiger partial charge in [-0.05, 0) is 19.8 Å². The van der Waals surface area contributed by atoms with Gasteiger partial charge in [0.25, 0.3) is 0 Å². The Balaban J connectivity index is 0.000000561. The third-order valence-corrected chi connectivity index (χ3v) is 3.01. The second-order valence-corrected chi connectivity index (χ2v) is 3.49. The molecule has 0 saturated heterocycles. The van der Waals surface area contributed by atoms with Crippen LogP contribution < -0.4 is 0 Å². The lowest BCUT2D eigenvalue weighted by molar-refractivity contribution is 1.05. The van der Waals surface area contributed by atoms with E-state index in [9.17, 15) is 0 Å².